The number of benzene rings is 2. The Kier molecular flexibility index (Phi) is 5.34. The fraction of sp³-hybridized carbons (Fsp3) is 0.273. The summed E-state index contributed by atoms with van der Waals surface area (Å²) in [6.07, 6.45) is -3.61. The van der Waals surface area contributed by atoms with Crippen LogP contribution in [-0.2, 0) is 10.3 Å². The van der Waals surface area contributed by atoms with Gasteiger partial charge in [0.1, 0.15) is 5.82 Å². The number of anilines is 1. The first-order valence-electron chi connectivity index (χ1n) is 10.1. The van der Waals surface area contributed by atoms with Crippen molar-refractivity contribution in [3.63, 3.8) is 0 Å². The van der Waals surface area contributed by atoms with E-state index in [9.17, 15) is 22.7 Å². The molecule has 172 valence electrons. The summed E-state index contributed by atoms with van der Waals surface area (Å²) in [6.45, 7) is 1.97. The van der Waals surface area contributed by atoms with Crippen molar-refractivity contribution in [2.45, 2.75) is 11.8 Å². The molecule has 11 heteroatoms. The zero-order chi connectivity index (χ0) is 23.2. The van der Waals surface area contributed by atoms with E-state index in [-0.39, 0.29) is 5.56 Å². The number of aliphatic hydroxyl groups is 1. The van der Waals surface area contributed by atoms with Crippen LogP contribution in [0, 0.1) is 5.82 Å². The third-order valence-corrected chi connectivity index (χ3v) is 6.51. The van der Waals surface area contributed by atoms with Gasteiger partial charge in [0.05, 0.1) is 36.3 Å². The maximum Gasteiger partial charge on any atom is 0.427 e. The van der Waals surface area contributed by atoms with E-state index in [0.717, 1.165) is 11.3 Å². The Morgan fingerprint density at radius 3 is 2.45 bits per heavy atom. The van der Waals surface area contributed by atoms with Gasteiger partial charge in [-0.3, -0.25) is 0 Å². The van der Waals surface area contributed by atoms with Gasteiger partial charge in [0.15, 0.2) is 5.13 Å². The minimum absolute atomic E-state index is 0.361. The van der Waals surface area contributed by atoms with E-state index in [0.29, 0.717) is 48.0 Å². The van der Waals surface area contributed by atoms with Crippen LogP contribution in [0.1, 0.15) is 11.3 Å². The lowest BCUT2D eigenvalue weighted by atomic mass is 9.89. The van der Waals surface area contributed by atoms with Crippen molar-refractivity contribution in [3.05, 3.63) is 71.1 Å². The van der Waals surface area contributed by atoms with Gasteiger partial charge in [-0.05, 0) is 42.0 Å². The molecule has 0 spiro atoms. The van der Waals surface area contributed by atoms with Gasteiger partial charge in [-0.2, -0.15) is 18.3 Å². The smallest absolute Gasteiger partial charge is 0.378 e. The van der Waals surface area contributed by atoms with Gasteiger partial charge in [-0.1, -0.05) is 6.07 Å². The summed E-state index contributed by atoms with van der Waals surface area (Å²) in [5.41, 5.74) is -3.06. The maximum absolute atomic E-state index is 14.3. The molecule has 6 nitrogen and oxygen atoms in total. The minimum atomic E-state index is -5.01. The summed E-state index contributed by atoms with van der Waals surface area (Å²) >= 11 is 1.05. The quantitative estimate of drug-likeness (QED) is 0.445. The fourth-order valence-electron chi connectivity index (χ4n) is 3.83. The first kappa shape index (κ1) is 21.8. The highest BCUT2D eigenvalue weighted by Crippen LogP contribution is 2.45. The zero-order valence-corrected chi connectivity index (χ0v) is 17.9. The lowest BCUT2D eigenvalue weighted by molar-refractivity contribution is -0.249. The number of aromatic nitrogens is 3. The monoisotopic (exact) mass is 478 g/mol. The van der Waals surface area contributed by atoms with Crippen molar-refractivity contribution in [2.24, 2.45) is 0 Å². The number of nitrogens with zero attached hydrogens (tertiary/aromatic N) is 4. The average Bonchev–Trinajstić information content (AvgIpc) is 3.46. The Morgan fingerprint density at radius 1 is 1.03 bits per heavy atom. The van der Waals surface area contributed by atoms with E-state index in [1.54, 1.807) is 0 Å². The lowest BCUT2D eigenvalue weighted by Crippen LogP contribution is -2.44. The van der Waals surface area contributed by atoms with Crippen LogP contribution >= 0.6 is 11.3 Å². The van der Waals surface area contributed by atoms with Crippen LogP contribution in [-0.4, -0.2) is 52.4 Å². The third-order valence-electron chi connectivity index (χ3n) is 5.61. The second kappa shape index (κ2) is 8.08. The van der Waals surface area contributed by atoms with Crippen LogP contribution in [0.3, 0.4) is 0 Å². The maximum atomic E-state index is 14.3. The normalized spacial score (nSPS) is 16.8. The Hall–Kier alpha value is -3.02. The van der Waals surface area contributed by atoms with Crippen molar-refractivity contribution in [3.8, 4) is 5.69 Å². The Bertz CT molecular complexity index is 1280. The van der Waals surface area contributed by atoms with E-state index >= 15 is 0 Å². The molecule has 1 aliphatic rings. The van der Waals surface area contributed by atoms with Crippen molar-refractivity contribution in [1.82, 2.24) is 14.8 Å². The van der Waals surface area contributed by atoms with E-state index in [1.807, 2.05) is 4.90 Å². The van der Waals surface area contributed by atoms with Gasteiger partial charge in [0.2, 0.25) is 5.60 Å². The second-order valence-electron chi connectivity index (χ2n) is 7.63. The molecule has 1 N–H and O–H groups in total. The van der Waals surface area contributed by atoms with E-state index in [2.05, 4.69) is 10.1 Å². The van der Waals surface area contributed by atoms with Crippen LogP contribution in [0.4, 0.5) is 22.7 Å². The molecule has 1 fully saturated rings. The molecule has 33 heavy (non-hydrogen) atoms. The summed E-state index contributed by atoms with van der Waals surface area (Å²) in [7, 11) is 0. The van der Waals surface area contributed by atoms with E-state index in [4.69, 9.17) is 4.74 Å². The number of rotatable bonds is 4. The molecular formula is C22H18F4N4O2S. The predicted octanol–water partition coefficient (Wildman–Crippen LogP) is 4.26. The summed E-state index contributed by atoms with van der Waals surface area (Å²) in [4.78, 5) is 5.99. The number of hydrogen-bond acceptors (Lipinski definition) is 6. The molecular weight excluding hydrogens is 460 g/mol. The first-order chi connectivity index (χ1) is 15.8. The lowest BCUT2D eigenvalue weighted by Gasteiger charge is -2.30. The van der Waals surface area contributed by atoms with Crippen LogP contribution in [0.15, 0.2) is 54.0 Å². The molecule has 0 radical (unpaired) electrons. The molecule has 0 amide bonds. The van der Waals surface area contributed by atoms with Gasteiger partial charge >= 0.3 is 6.18 Å². The van der Waals surface area contributed by atoms with Crippen molar-refractivity contribution in [2.75, 3.05) is 31.2 Å². The molecule has 0 bridgehead atoms. The molecule has 0 aliphatic carbocycles. The van der Waals surface area contributed by atoms with Crippen LogP contribution in [0.5, 0.6) is 0 Å². The molecule has 4 aromatic rings. The SMILES string of the molecule is OC(c1ccc2c(cnn2-c2ccc(F)cc2)c1)(c1csc(N2CCOCC2)n1)C(F)(F)F. The molecule has 0 saturated carbocycles. The summed E-state index contributed by atoms with van der Waals surface area (Å²) in [5.74, 6) is -0.410. The summed E-state index contributed by atoms with van der Waals surface area (Å²) < 4.78 is 62.8. The molecule has 1 saturated heterocycles. The molecule has 3 heterocycles. The number of ether oxygens (including phenoxy) is 1. The van der Waals surface area contributed by atoms with Gasteiger partial charge < -0.3 is 14.7 Å². The first-order valence-corrected chi connectivity index (χ1v) is 11.0. The molecule has 1 aliphatic heterocycles. The average molecular weight is 478 g/mol. The molecule has 1 atom stereocenters. The minimum Gasteiger partial charge on any atom is -0.378 e. The molecule has 5 rings (SSSR count). The topological polar surface area (TPSA) is 63.4 Å². The van der Waals surface area contributed by atoms with E-state index < -0.39 is 23.3 Å². The fourth-order valence-corrected chi connectivity index (χ4v) is 4.76. The number of morpholine rings is 1. The highest BCUT2D eigenvalue weighted by Gasteiger charge is 2.58. The van der Waals surface area contributed by atoms with Crippen molar-refractivity contribution < 1.29 is 27.4 Å². The van der Waals surface area contributed by atoms with Crippen molar-refractivity contribution in [1.29, 1.82) is 0 Å². The summed E-state index contributed by atoms with van der Waals surface area (Å²) in [6, 6.07) is 9.50. The summed E-state index contributed by atoms with van der Waals surface area (Å²) in [5, 5.41) is 17.3. The van der Waals surface area contributed by atoms with Crippen LogP contribution in [0.2, 0.25) is 0 Å². The standard InChI is InChI=1S/C22H18F4N4O2S/c23-16-2-4-17(5-3-16)30-18-6-1-15(11-14(18)12-27-30)21(31,22(24,25)26)19-13-33-20(28-19)29-7-9-32-10-8-29/h1-6,11-13,31H,7-10H2. The predicted molar refractivity (Wildman–Crippen MR) is 115 cm³/mol. The number of halogens is 4. The second-order valence-corrected chi connectivity index (χ2v) is 8.47. The van der Waals surface area contributed by atoms with Crippen LogP contribution < -0.4 is 4.90 Å². The molecule has 2 aromatic heterocycles. The number of thiazole rings is 1. The van der Waals surface area contributed by atoms with Crippen LogP contribution in [0.25, 0.3) is 16.6 Å². The van der Waals surface area contributed by atoms with Gasteiger partial charge in [-0.15, -0.1) is 11.3 Å². The Balaban J connectivity index is 1.56. The van der Waals surface area contributed by atoms with Gasteiger partial charge in [-0.25, -0.2) is 14.1 Å². The molecule has 1 unspecified atom stereocenters. The number of hydrogen-bond donors (Lipinski definition) is 1. The zero-order valence-electron chi connectivity index (χ0n) is 17.1. The Morgan fingerprint density at radius 2 is 1.76 bits per heavy atom. The van der Waals surface area contributed by atoms with E-state index in [1.165, 1.54) is 58.7 Å². The highest BCUT2D eigenvalue weighted by atomic mass is 32.1. The molecule has 2 aromatic carbocycles. The van der Waals surface area contributed by atoms with Crippen molar-refractivity contribution >= 4 is 27.4 Å². The Labute approximate surface area is 189 Å². The van der Waals surface area contributed by atoms with Gasteiger partial charge in [0.25, 0.3) is 0 Å². The largest absolute Gasteiger partial charge is 0.427 e. The third kappa shape index (κ3) is 3.75. The highest BCUT2D eigenvalue weighted by molar-refractivity contribution is 7.13. The van der Waals surface area contributed by atoms with Gasteiger partial charge in [0, 0.05) is 23.9 Å². The number of alkyl halides is 3. The number of fused-ring (bicyclic) bond motifs is 1.